The molecule has 0 atom stereocenters. The normalized spacial score (nSPS) is 13.8. The molecule has 0 aromatic heterocycles. The second-order valence-corrected chi connectivity index (χ2v) is 5.29. The van der Waals surface area contributed by atoms with Crippen molar-refractivity contribution in [3.63, 3.8) is 0 Å². The highest BCUT2D eigenvalue weighted by Gasteiger charge is 2.25. The van der Waals surface area contributed by atoms with E-state index in [9.17, 15) is 24.8 Å². The Morgan fingerprint density at radius 3 is 2.64 bits per heavy atom. The first kappa shape index (κ1) is 16.2. The molecule has 2 amide bonds. The molecule has 1 aliphatic rings. The molecule has 0 saturated carbocycles. The van der Waals surface area contributed by atoms with Gasteiger partial charge in [-0.1, -0.05) is 24.3 Å². The molecule has 0 spiro atoms. The van der Waals surface area contributed by atoms with E-state index in [1.807, 2.05) is 0 Å². The number of benzene rings is 2. The topological polar surface area (TPSA) is 113 Å². The molecule has 8 nitrogen and oxygen atoms in total. The summed E-state index contributed by atoms with van der Waals surface area (Å²) < 4.78 is 0. The number of nitro benzene ring substituents is 1. The molecule has 0 bridgehead atoms. The van der Waals surface area contributed by atoms with Crippen LogP contribution < -0.4 is 10.2 Å². The standard InChI is InChI=1S/C17H13N3O5/c21-16(22)13-6-1-2-7-15(13)19-9-8-14(18-17(19)23)11-4-3-5-12(10-11)20(24)25/h1-8,10H,9H2,(H,18,23)(H,21,22). The van der Waals surface area contributed by atoms with Gasteiger partial charge in [-0.25, -0.2) is 9.59 Å². The Labute approximate surface area is 142 Å². The number of hydrogen-bond donors (Lipinski definition) is 2. The second-order valence-electron chi connectivity index (χ2n) is 5.29. The molecule has 3 rings (SSSR count). The maximum absolute atomic E-state index is 12.4. The number of non-ortho nitro benzene ring substituents is 1. The Kier molecular flexibility index (Phi) is 4.17. The molecule has 126 valence electrons. The summed E-state index contributed by atoms with van der Waals surface area (Å²) in [7, 11) is 0. The van der Waals surface area contributed by atoms with Crippen LogP contribution in [0.15, 0.2) is 54.6 Å². The molecule has 0 saturated heterocycles. The molecule has 25 heavy (non-hydrogen) atoms. The van der Waals surface area contributed by atoms with Crippen LogP contribution in [0, 0.1) is 10.1 Å². The van der Waals surface area contributed by atoms with Gasteiger partial charge in [0.15, 0.2) is 0 Å². The number of rotatable bonds is 4. The summed E-state index contributed by atoms with van der Waals surface area (Å²) >= 11 is 0. The van der Waals surface area contributed by atoms with E-state index in [0.29, 0.717) is 11.3 Å². The van der Waals surface area contributed by atoms with E-state index in [2.05, 4.69) is 5.32 Å². The summed E-state index contributed by atoms with van der Waals surface area (Å²) in [5.41, 5.74) is 1.17. The lowest BCUT2D eigenvalue weighted by Crippen LogP contribution is -2.43. The van der Waals surface area contributed by atoms with Crippen LogP contribution in [0.5, 0.6) is 0 Å². The summed E-state index contributed by atoms with van der Waals surface area (Å²) in [6.45, 7) is 0.147. The minimum absolute atomic E-state index is 0.0184. The van der Waals surface area contributed by atoms with E-state index >= 15 is 0 Å². The molecule has 8 heteroatoms. The predicted octanol–water partition coefficient (Wildman–Crippen LogP) is 2.86. The zero-order chi connectivity index (χ0) is 18.0. The smallest absolute Gasteiger partial charge is 0.337 e. The van der Waals surface area contributed by atoms with E-state index in [-0.39, 0.29) is 23.5 Å². The first-order valence-corrected chi connectivity index (χ1v) is 7.33. The fourth-order valence-corrected chi connectivity index (χ4v) is 2.57. The van der Waals surface area contributed by atoms with Crippen molar-refractivity contribution in [2.75, 3.05) is 11.4 Å². The van der Waals surface area contributed by atoms with Crippen LogP contribution in [-0.2, 0) is 0 Å². The lowest BCUT2D eigenvalue weighted by atomic mass is 10.1. The van der Waals surface area contributed by atoms with Crippen molar-refractivity contribution in [1.29, 1.82) is 0 Å². The summed E-state index contributed by atoms with van der Waals surface area (Å²) in [6, 6.07) is 11.6. The Morgan fingerprint density at radius 2 is 1.96 bits per heavy atom. The highest BCUT2D eigenvalue weighted by molar-refractivity contribution is 6.05. The fourth-order valence-electron chi connectivity index (χ4n) is 2.57. The molecule has 1 aliphatic heterocycles. The quantitative estimate of drug-likeness (QED) is 0.657. The third kappa shape index (κ3) is 3.18. The first-order valence-electron chi connectivity index (χ1n) is 7.33. The van der Waals surface area contributed by atoms with Gasteiger partial charge in [0.1, 0.15) is 0 Å². The largest absolute Gasteiger partial charge is 0.478 e. The van der Waals surface area contributed by atoms with E-state index in [0.717, 1.165) is 0 Å². The molecule has 0 fully saturated rings. The van der Waals surface area contributed by atoms with Crippen molar-refractivity contribution in [2.24, 2.45) is 0 Å². The molecule has 0 unspecified atom stereocenters. The molecule has 2 aromatic rings. The predicted molar refractivity (Wildman–Crippen MR) is 90.4 cm³/mol. The van der Waals surface area contributed by atoms with Crippen LogP contribution in [0.2, 0.25) is 0 Å². The molecule has 0 aliphatic carbocycles. The number of urea groups is 1. The number of carbonyl (C=O) groups excluding carboxylic acids is 1. The number of carbonyl (C=O) groups is 2. The van der Waals surface area contributed by atoms with E-state index < -0.39 is 16.9 Å². The highest BCUT2D eigenvalue weighted by atomic mass is 16.6. The summed E-state index contributed by atoms with van der Waals surface area (Å²) in [6.07, 6.45) is 1.68. The molecule has 0 radical (unpaired) electrons. The molecular formula is C17H13N3O5. The zero-order valence-corrected chi connectivity index (χ0v) is 12.9. The van der Waals surface area contributed by atoms with Crippen LogP contribution in [0.25, 0.3) is 5.70 Å². The number of carboxylic acids is 1. The van der Waals surface area contributed by atoms with E-state index in [4.69, 9.17) is 0 Å². The molecular weight excluding hydrogens is 326 g/mol. The fraction of sp³-hybridized carbons (Fsp3) is 0.0588. The van der Waals surface area contributed by atoms with Crippen LogP contribution in [0.3, 0.4) is 0 Å². The van der Waals surface area contributed by atoms with Crippen LogP contribution in [0.4, 0.5) is 16.2 Å². The number of amides is 2. The van der Waals surface area contributed by atoms with Crippen molar-refractivity contribution >= 4 is 29.1 Å². The lowest BCUT2D eigenvalue weighted by molar-refractivity contribution is -0.384. The minimum Gasteiger partial charge on any atom is -0.478 e. The average molecular weight is 339 g/mol. The minimum atomic E-state index is -1.13. The Balaban J connectivity index is 1.92. The van der Waals surface area contributed by atoms with E-state index in [1.54, 1.807) is 30.3 Å². The van der Waals surface area contributed by atoms with Crippen molar-refractivity contribution in [1.82, 2.24) is 5.32 Å². The van der Waals surface area contributed by atoms with Gasteiger partial charge in [0.25, 0.3) is 5.69 Å². The van der Waals surface area contributed by atoms with Gasteiger partial charge in [-0.2, -0.15) is 0 Å². The lowest BCUT2D eigenvalue weighted by Gasteiger charge is -2.28. The van der Waals surface area contributed by atoms with Crippen molar-refractivity contribution < 1.29 is 19.6 Å². The number of carboxylic acid groups (broad SMARTS) is 1. The number of para-hydroxylation sites is 1. The highest BCUT2D eigenvalue weighted by Crippen LogP contribution is 2.25. The number of nitrogens with zero attached hydrogens (tertiary/aromatic N) is 2. The van der Waals surface area contributed by atoms with Gasteiger partial charge >= 0.3 is 12.0 Å². The van der Waals surface area contributed by atoms with Gasteiger partial charge in [0.05, 0.1) is 16.2 Å². The van der Waals surface area contributed by atoms with Crippen LogP contribution in [0.1, 0.15) is 15.9 Å². The van der Waals surface area contributed by atoms with Crippen molar-refractivity contribution in [2.45, 2.75) is 0 Å². The number of nitro groups is 1. The van der Waals surface area contributed by atoms with Crippen LogP contribution >= 0.6 is 0 Å². The van der Waals surface area contributed by atoms with Gasteiger partial charge in [-0.3, -0.25) is 15.0 Å². The van der Waals surface area contributed by atoms with Crippen molar-refractivity contribution in [3.8, 4) is 0 Å². The monoisotopic (exact) mass is 339 g/mol. The van der Waals surface area contributed by atoms with Crippen LogP contribution in [-0.4, -0.2) is 28.6 Å². The van der Waals surface area contributed by atoms with Crippen molar-refractivity contribution in [3.05, 3.63) is 75.8 Å². The number of nitrogens with one attached hydrogen (secondary N) is 1. The van der Waals surface area contributed by atoms with Gasteiger partial charge in [0.2, 0.25) is 0 Å². The second kappa shape index (κ2) is 6.44. The van der Waals surface area contributed by atoms with Gasteiger partial charge in [0, 0.05) is 29.9 Å². The number of hydrogen-bond acceptors (Lipinski definition) is 4. The Morgan fingerprint density at radius 1 is 1.20 bits per heavy atom. The maximum atomic E-state index is 12.4. The van der Waals surface area contributed by atoms with E-state index in [1.165, 1.54) is 29.2 Å². The van der Waals surface area contributed by atoms with Gasteiger partial charge < -0.3 is 10.4 Å². The summed E-state index contributed by atoms with van der Waals surface area (Å²) in [5, 5.41) is 22.8. The summed E-state index contributed by atoms with van der Waals surface area (Å²) in [5.74, 6) is -1.13. The third-order valence-electron chi connectivity index (χ3n) is 3.76. The number of aromatic carboxylic acids is 1. The Bertz CT molecular complexity index is 907. The maximum Gasteiger partial charge on any atom is 0.337 e. The van der Waals surface area contributed by atoms with Gasteiger partial charge in [-0.15, -0.1) is 0 Å². The first-order chi connectivity index (χ1) is 12.0. The third-order valence-corrected chi connectivity index (χ3v) is 3.76. The zero-order valence-electron chi connectivity index (χ0n) is 12.9. The molecule has 2 N–H and O–H groups in total. The molecule has 1 heterocycles. The Hall–Kier alpha value is -3.68. The SMILES string of the molecule is O=C(O)c1ccccc1N1CC=C(c2cccc([N+](=O)[O-])c2)NC1=O. The summed E-state index contributed by atoms with van der Waals surface area (Å²) in [4.78, 5) is 35.4. The van der Waals surface area contributed by atoms with Gasteiger partial charge in [-0.05, 0) is 18.2 Å². The molecule has 2 aromatic carbocycles. The number of anilines is 1. The average Bonchev–Trinajstić information content (AvgIpc) is 2.61.